The van der Waals surface area contributed by atoms with Crippen molar-refractivity contribution in [2.24, 2.45) is 11.8 Å². The average Bonchev–Trinajstić information content (AvgIpc) is 3.45. The van der Waals surface area contributed by atoms with Crippen molar-refractivity contribution in [2.45, 2.75) is 80.9 Å². The van der Waals surface area contributed by atoms with E-state index in [1.165, 1.54) is 13.0 Å². The molecule has 39 heavy (non-hydrogen) atoms. The normalized spacial score (nSPS) is 41.7. The first kappa shape index (κ1) is 27.9. The molecule has 4 heterocycles. The van der Waals surface area contributed by atoms with E-state index in [1.807, 2.05) is 0 Å². The number of rotatable bonds is 5. The van der Waals surface area contributed by atoms with E-state index in [0.717, 1.165) is 12.1 Å². The second-order valence-electron chi connectivity index (χ2n) is 10.5. The second-order valence-corrected chi connectivity index (χ2v) is 10.5. The molecule has 5 rings (SSSR count). The summed E-state index contributed by atoms with van der Waals surface area (Å²) in [7, 11) is 0. The van der Waals surface area contributed by atoms with Crippen LogP contribution in [0.4, 0.5) is 18.9 Å². The number of nitriles is 1. The van der Waals surface area contributed by atoms with E-state index < -0.39 is 95.6 Å². The topological polar surface area (TPSA) is 170 Å². The summed E-state index contributed by atoms with van der Waals surface area (Å²) in [6, 6.07) is 4.07. The summed E-state index contributed by atoms with van der Waals surface area (Å²) >= 11 is 0. The molecule has 0 aromatic heterocycles. The number of nitrogens with zero attached hydrogens (tertiary/aromatic N) is 2. The van der Waals surface area contributed by atoms with Gasteiger partial charge in [0, 0.05) is 6.42 Å². The van der Waals surface area contributed by atoms with Crippen LogP contribution in [0.25, 0.3) is 0 Å². The number of carbonyl (C=O) groups is 2. The highest BCUT2D eigenvalue weighted by Gasteiger charge is 2.77. The molecular weight excluding hydrogens is 529 g/mol. The number of aliphatic hydroxyl groups excluding tert-OH is 4. The highest BCUT2D eigenvalue weighted by Crippen LogP contribution is 2.63. The van der Waals surface area contributed by atoms with Crippen LogP contribution < -0.4 is 4.90 Å². The van der Waals surface area contributed by atoms with Crippen LogP contribution in [-0.4, -0.2) is 86.9 Å². The number of hydrogen-bond acceptors (Lipinski definition) is 10. The van der Waals surface area contributed by atoms with Crippen molar-refractivity contribution in [2.75, 3.05) is 11.5 Å². The molecule has 0 spiro atoms. The molecule has 4 fully saturated rings. The number of amides is 2. The first-order valence-electron chi connectivity index (χ1n) is 12.4. The van der Waals surface area contributed by atoms with E-state index in [2.05, 4.69) is 0 Å². The largest absolute Gasteiger partial charge is 0.417 e. The van der Waals surface area contributed by atoms with Crippen molar-refractivity contribution in [1.82, 2.24) is 0 Å². The minimum absolute atomic E-state index is 0.0597. The van der Waals surface area contributed by atoms with E-state index >= 15 is 0 Å². The number of hydrogen-bond donors (Lipinski definition) is 4. The molecule has 1 aromatic rings. The maximum Gasteiger partial charge on any atom is 0.417 e. The molecule has 0 aliphatic carbocycles. The maximum atomic E-state index is 13.7. The second kappa shape index (κ2) is 9.20. The Labute approximate surface area is 220 Å². The predicted octanol–water partition coefficient (Wildman–Crippen LogP) is 0.209. The van der Waals surface area contributed by atoms with Crippen LogP contribution in [0.5, 0.6) is 0 Å². The summed E-state index contributed by atoms with van der Waals surface area (Å²) in [5.74, 6) is -3.72. The molecule has 1 aromatic carbocycles. The molecule has 10 atom stereocenters. The lowest BCUT2D eigenvalue weighted by Gasteiger charge is -2.43. The maximum absolute atomic E-state index is 13.7. The van der Waals surface area contributed by atoms with E-state index in [1.54, 1.807) is 6.92 Å². The Bertz CT molecular complexity index is 1240. The summed E-state index contributed by atoms with van der Waals surface area (Å²) in [4.78, 5) is 28.0. The van der Waals surface area contributed by atoms with Gasteiger partial charge in [-0.1, -0.05) is 6.92 Å². The first-order chi connectivity index (χ1) is 18.2. The molecule has 4 saturated heterocycles. The van der Waals surface area contributed by atoms with Crippen LogP contribution >= 0.6 is 0 Å². The summed E-state index contributed by atoms with van der Waals surface area (Å²) in [6.45, 7) is 2.57. The molecule has 2 amide bonds. The van der Waals surface area contributed by atoms with Gasteiger partial charge >= 0.3 is 6.18 Å². The van der Waals surface area contributed by atoms with Crippen molar-refractivity contribution in [3.8, 4) is 6.07 Å². The zero-order valence-corrected chi connectivity index (χ0v) is 20.8. The lowest BCUT2D eigenvalue weighted by Crippen LogP contribution is -2.61. The summed E-state index contributed by atoms with van der Waals surface area (Å²) in [5, 5.41) is 49.2. The molecule has 212 valence electrons. The first-order valence-corrected chi connectivity index (χ1v) is 12.4. The monoisotopic (exact) mass is 556 g/mol. The quantitative estimate of drug-likeness (QED) is 0.368. The van der Waals surface area contributed by atoms with Crippen LogP contribution in [0.1, 0.15) is 37.8 Å². The van der Waals surface area contributed by atoms with Crippen LogP contribution in [0, 0.1) is 23.2 Å². The SMILES string of the molecule is CCC12C[C@@H](O[C@H]3O[C@H](CO)[C@@H](O)[C@H](O)[C@H]3O)C(C)(O1)[C@H]1C(=O)N(c3ccc(C#N)c(C(F)(F)F)c3)C(=O)[C@H]12. The highest BCUT2D eigenvalue weighted by molar-refractivity contribution is 6.23. The van der Waals surface area contributed by atoms with Crippen molar-refractivity contribution in [3.05, 3.63) is 29.3 Å². The Balaban J connectivity index is 1.48. The fraction of sp³-hybridized carbons (Fsp3) is 0.640. The third-order valence-electron chi connectivity index (χ3n) is 8.52. The van der Waals surface area contributed by atoms with Gasteiger partial charge in [-0.2, -0.15) is 18.4 Å². The minimum atomic E-state index is -4.90. The number of alkyl halides is 3. The average molecular weight is 556 g/mol. The number of halogens is 3. The molecule has 4 aliphatic rings. The number of imide groups is 1. The zero-order chi connectivity index (χ0) is 28.7. The molecule has 2 unspecified atom stereocenters. The van der Waals surface area contributed by atoms with Crippen molar-refractivity contribution in [3.63, 3.8) is 0 Å². The molecule has 0 radical (unpaired) electrons. The number of anilines is 1. The van der Waals surface area contributed by atoms with Gasteiger partial charge in [0.25, 0.3) is 0 Å². The van der Waals surface area contributed by atoms with Gasteiger partial charge < -0.3 is 34.6 Å². The molecule has 4 N–H and O–H groups in total. The van der Waals surface area contributed by atoms with E-state index in [4.69, 9.17) is 19.5 Å². The van der Waals surface area contributed by atoms with Gasteiger partial charge in [-0.3, -0.25) is 9.59 Å². The Morgan fingerprint density at radius 2 is 1.82 bits per heavy atom. The summed E-state index contributed by atoms with van der Waals surface area (Å²) in [5.41, 5.74) is -4.95. The third kappa shape index (κ3) is 3.91. The van der Waals surface area contributed by atoms with Crippen LogP contribution in [0.15, 0.2) is 18.2 Å². The fourth-order valence-corrected chi connectivity index (χ4v) is 6.51. The molecular formula is C25H27F3N2O9. The van der Waals surface area contributed by atoms with Crippen LogP contribution in [-0.2, 0) is 30.0 Å². The Morgan fingerprint density at radius 1 is 1.15 bits per heavy atom. The summed E-state index contributed by atoms with van der Waals surface area (Å²) < 4.78 is 58.5. The number of fused-ring (bicyclic) bond motifs is 5. The molecule has 2 bridgehead atoms. The van der Waals surface area contributed by atoms with Crippen molar-refractivity contribution in [1.29, 1.82) is 5.26 Å². The lowest BCUT2D eigenvalue weighted by atomic mass is 9.66. The van der Waals surface area contributed by atoms with E-state index in [0.29, 0.717) is 11.0 Å². The predicted molar refractivity (Wildman–Crippen MR) is 121 cm³/mol. The smallest absolute Gasteiger partial charge is 0.394 e. The fourth-order valence-electron chi connectivity index (χ4n) is 6.51. The zero-order valence-electron chi connectivity index (χ0n) is 20.8. The molecule has 11 nitrogen and oxygen atoms in total. The van der Waals surface area contributed by atoms with Gasteiger partial charge in [-0.15, -0.1) is 0 Å². The van der Waals surface area contributed by atoms with Gasteiger partial charge in [0.05, 0.1) is 53.0 Å². The Kier molecular flexibility index (Phi) is 6.58. The molecule has 0 saturated carbocycles. The number of carbonyl (C=O) groups excluding carboxylic acids is 2. The highest BCUT2D eigenvalue weighted by atomic mass is 19.4. The van der Waals surface area contributed by atoms with Gasteiger partial charge in [0.2, 0.25) is 11.8 Å². The minimum Gasteiger partial charge on any atom is -0.394 e. The van der Waals surface area contributed by atoms with Gasteiger partial charge in [0.15, 0.2) is 6.29 Å². The van der Waals surface area contributed by atoms with Gasteiger partial charge in [0.1, 0.15) is 30.0 Å². The third-order valence-corrected chi connectivity index (χ3v) is 8.52. The van der Waals surface area contributed by atoms with Gasteiger partial charge in [-0.25, -0.2) is 4.90 Å². The van der Waals surface area contributed by atoms with Crippen molar-refractivity contribution >= 4 is 17.5 Å². The standard InChI is InChI=1S/C25H27F3N2O9/c1-3-24-7-14(38-22-19(34)18(33)17(32)13(9-31)37-22)23(2,39-24)15-16(24)21(36)30(20(15)35)11-5-4-10(8-29)12(6-11)25(26,27)28/h4-6,13-19,22,31-34H,3,7,9H2,1-2H3/t13-,14-,15-,16+,17-,18+,19-,22-,23?,24?/m1/s1. The Morgan fingerprint density at radius 3 is 2.41 bits per heavy atom. The Hall–Kier alpha value is -2.64. The number of benzene rings is 1. The van der Waals surface area contributed by atoms with E-state index in [-0.39, 0.29) is 18.5 Å². The van der Waals surface area contributed by atoms with E-state index in [9.17, 15) is 43.2 Å². The van der Waals surface area contributed by atoms with Gasteiger partial charge in [-0.05, 0) is 31.5 Å². The number of aliphatic hydroxyl groups is 4. The van der Waals surface area contributed by atoms with Crippen LogP contribution in [0.3, 0.4) is 0 Å². The molecule has 14 heteroatoms. The van der Waals surface area contributed by atoms with Crippen molar-refractivity contribution < 1.29 is 57.4 Å². The summed E-state index contributed by atoms with van der Waals surface area (Å²) in [6.07, 6.45) is -13.3. The van der Waals surface area contributed by atoms with Crippen LogP contribution in [0.2, 0.25) is 0 Å². The molecule has 4 aliphatic heterocycles. The number of ether oxygens (including phenoxy) is 3. The lowest BCUT2D eigenvalue weighted by molar-refractivity contribution is -0.319.